The second kappa shape index (κ2) is 9.93. The van der Waals surface area contributed by atoms with Gasteiger partial charge in [-0.2, -0.15) is 0 Å². The van der Waals surface area contributed by atoms with Crippen molar-refractivity contribution in [1.29, 1.82) is 0 Å². The van der Waals surface area contributed by atoms with E-state index in [0.717, 1.165) is 51.0 Å². The fraction of sp³-hybridized carbons (Fsp3) is 0.600. The molecule has 1 aromatic rings. The Morgan fingerprint density at radius 1 is 1.23 bits per heavy atom. The van der Waals surface area contributed by atoms with Gasteiger partial charge in [0.1, 0.15) is 0 Å². The molecule has 0 aliphatic carbocycles. The fourth-order valence-corrected chi connectivity index (χ4v) is 3.76. The summed E-state index contributed by atoms with van der Waals surface area (Å²) in [4.78, 5) is 26.9. The molecule has 2 amide bonds. The number of amides is 2. The van der Waals surface area contributed by atoms with Crippen LogP contribution in [0.2, 0.25) is 0 Å². The van der Waals surface area contributed by atoms with E-state index in [1.54, 1.807) is 0 Å². The Balaban J connectivity index is 0.00000243. The average molecular weight is 380 g/mol. The lowest BCUT2D eigenvalue weighted by atomic mass is 9.96. The highest BCUT2D eigenvalue weighted by Crippen LogP contribution is 2.19. The SMILES string of the molecule is Cc1ccc(C(=O)N2CCCC(C(=O)NCCC3CCNC3)C2)cc1.Cl. The van der Waals surface area contributed by atoms with Gasteiger partial charge in [-0.05, 0) is 63.7 Å². The van der Waals surface area contributed by atoms with Gasteiger partial charge < -0.3 is 15.5 Å². The van der Waals surface area contributed by atoms with Gasteiger partial charge in [0.05, 0.1) is 5.92 Å². The summed E-state index contributed by atoms with van der Waals surface area (Å²) in [5, 5.41) is 6.44. The Kier molecular flexibility index (Phi) is 7.91. The summed E-state index contributed by atoms with van der Waals surface area (Å²) in [5.74, 6) is 0.748. The lowest BCUT2D eigenvalue weighted by Gasteiger charge is -2.32. The number of rotatable bonds is 5. The fourth-order valence-electron chi connectivity index (χ4n) is 3.76. The average Bonchev–Trinajstić information content (AvgIpc) is 3.15. The molecule has 0 saturated carbocycles. The molecule has 2 fully saturated rings. The maximum absolute atomic E-state index is 12.7. The first kappa shape index (κ1) is 20.7. The third kappa shape index (κ3) is 5.45. The van der Waals surface area contributed by atoms with Crippen LogP contribution in [0.5, 0.6) is 0 Å². The van der Waals surface area contributed by atoms with Crippen LogP contribution < -0.4 is 10.6 Å². The minimum absolute atomic E-state index is 0. The Morgan fingerprint density at radius 2 is 2.00 bits per heavy atom. The highest BCUT2D eigenvalue weighted by atomic mass is 35.5. The normalized spacial score (nSPS) is 22.6. The minimum Gasteiger partial charge on any atom is -0.356 e. The Bertz CT molecular complexity index is 600. The molecule has 2 atom stereocenters. The Morgan fingerprint density at radius 3 is 2.69 bits per heavy atom. The van der Waals surface area contributed by atoms with Crippen LogP contribution in [0.3, 0.4) is 0 Å². The highest BCUT2D eigenvalue weighted by Gasteiger charge is 2.28. The number of hydrogen-bond donors (Lipinski definition) is 2. The number of piperidine rings is 1. The van der Waals surface area contributed by atoms with Crippen molar-refractivity contribution in [2.24, 2.45) is 11.8 Å². The summed E-state index contributed by atoms with van der Waals surface area (Å²) in [6.45, 7) is 6.19. The predicted octanol–water partition coefficient (Wildman–Crippen LogP) is 2.38. The molecule has 5 nitrogen and oxygen atoms in total. The summed E-state index contributed by atoms with van der Waals surface area (Å²) in [7, 11) is 0. The first-order valence-corrected chi connectivity index (χ1v) is 9.48. The number of hydrogen-bond acceptors (Lipinski definition) is 3. The summed E-state index contributed by atoms with van der Waals surface area (Å²) < 4.78 is 0. The van der Waals surface area contributed by atoms with Crippen LogP contribution in [-0.4, -0.2) is 49.4 Å². The summed E-state index contributed by atoms with van der Waals surface area (Å²) in [6, 6.07) is 7.66. The molecule has 6 heteroatoms. The van der Waals surface area contributed by atoms with Crippen molar-refractivity contribution in [1.82, 2.24) is 15.5 Å². The van der Waals surface area contributed by atoms with Crippen molar-refractivity contribution in [2.75, 3.05) is 32.7 Å². The van der Waals surface area contributed by atoms with Gasteiger partial charge in [-0.15, -0.1) is 12.4 Å². The van der Waals surface area contributed by atoms with E-state index in [2.05, 4.69) is 10.6 Å². The first-order chi connectivity index (χ1) is 12.1. The van der Waals surface area contributed by atoms with Crippen molar-refractivity contribution in [3.8, 4) is 0 Å². The van der Waals surface area contributed by atoms with Crippen molar-refractivity contribution < 1.29 is 9.59 Å². The van der Waals surface area contributed by atoms with E-state index in [1.807, 2.05) is 36.1 Å². The number of nitrogens with zero attached hydrogens (tertiary/aromatic N) is 1. The number of carbonyl (C=O) groups excluding carboxylic acids is 2. The van der Waals surface area contributed by atoms with Crippen molar-refractivity contribution >= 4 is 24.2 Å². The molecule has 2 heterocycles. The van der Waals surface area contributed by atoms with Crippen LogP contribution in [0.25, 0.3) is 0 Å². The lowest BCUT2D eigenvalue weighted by Crippen LogP contribution is -2.45. The van der Waals surface area contributed by atoms with Gasteiger partial charge in [0.15, 0.2) is 0 Å². The number of nitrogens with one attached hydrogen (secondary N) is 2. The molecule has 0 spiro atoms. The van der Waals surface area contributed by atoms with E-state index >= 15 is 0 Å². The van der Waals surface area contributed by atoms with Crippen molar-refractivity contribution in [3.05, 3.63) is 35.4 Å². The topological polar surface area (TPSA) is 61.4 Å². The van der Waals surface area contributed by atoms with Crippen LogP contribution in [0.1, 0.15) is 41.6 Å². The Labute approximate surface area is 162 Å². The number of halogens is 1. The zero-order valence-electron chi connectivity index (χ0n) is 15.5. The van der Waals surface area contributed by atoms with Gasteiger partial charge in [-0.25, -0.2) is 0 Å². The molecule has 3 rings (SSSR count). The van der Waals surface area contributed by atoms with E-state index in [0.29, 0.717) is 18.0 Å². The molecule has 2 unspecified atom stereocenters. The molecule has 2 saturated heterocycles. The molecule has 0 bridgehead atoms. The van der Waals surface area contributed by atoms with Crippen LogP contribution in [-0.2, 0) is 4.79 Å². The zero-order valence-corrected chi connectivity index (χ0v) is 16.3. The van der Waals surface area contributed by atoms with E-state index in [9.17, 15) is 9.59 Å². The molecule has 144 valence electrons. The van der Waals surface area contributed by atoms with Crippen LogP contribution >= 0.6 is 12.4 Å². The summed E-state index contributed by atoms with van der Waals surface area (Å²) in [6.07, 6.45) is 4.01. The number of likely N-dealkylation sites (tertiary alicyclic amines) is 1. The molecule has 2 N–H and O–H groups in total. The smallest absolute Gasteiger partial charge is 0.253 e. The van der Waals surface area contributed by atoms with Gasteiger partial charge in [-0.1, -0.05) is 17.7 Å². The van der Waals surface area contributed by atoms with E-state index in [1.165, 1.54) is 6.42 Å². The first-order valence-electron chi connectivity index (χ1n) is 9.48. The molecular weight excluding hydrogens is 350 g/mol. The van der Waals surface area contributed by atoms with Crippen LogP contribution in [0, 0.1) is 18.8 Å². The maximum Gasteiger partial charge on any atom is 0.253 e. The van der Waals surface area contributed by atoms with Crippen molar-refractivity contribution in [3.63, 3.8) is 0 Å². The quantitative estimate of drug-likeness (QED) is 0.825. The van der Waals surface area contributed by atoms with E-state index in [-0.39, 0.29) is 30.1 Å². The molecule has 26 heavy (non-hydrogen) atoms. The molecule has 2 aliphatic heterocycles. The van der Waals surface area contributed by atoms with Crippen LogP contribution in [0.15, 0.2) is 24.3 Å². The second-order valence-corrected chi connectivity index (χ2v) is 7.39. The van der Waals surface area contributed by atoms with Gasteiger partial charge in [-0.3, -0.25) is 9.59 Å². The second-order valence-electron chi connectivity index (χ2n) is 7.39. The largest absolute Gasteiger partial charge is 0.356 e. The lowest BCUT2D eigenvalue weighted by molar-refractivity contribution is -0.126. The third-order valence-corrected chi connectivity index (χ3v) is 5.39. The molecule has 2 aliphatic rings. The number of aryl methyl sites for hydroxylation is 1. The summed E-state index contributed by atoms with van der Waals surface area (Å²) >= 11 is 0. The van der Waals surface area contributed by atoms with Gasteiger partial charge in [0.2, 0.25) is 5.91 Å². The molecule has 0 aromatic heterocycles. The third-order valence-electron chi connectivity index (χ3n) is 5.39. The van der Waals surface area contributed by atoms with E-state index in [4.69, 9.17) is 0 Å². The van der Waals surface area contributed by atoms with Gasteiger partial charge in [0.25, 0.3) is 5.91 Å². The zero-order chi connectivity index (χ0) is 17.6. The predicted molar refractivity (Wildman–Crippen MR) is 106 cm³/mol. The summed E-state index contributed by atoms with van der Waals surface area (Å²) in [5.41, 5.74) is 1.85. The number of benzene rings is 1. The standard InChI is InChI=1S/C20H29N3O2.ClH/c1-15-4-6-17(7-5-15)20(25)23-12-2-3-18(14-23)19(24)22-11-9-16-8-10-21-13-16;/h4-7,16,18,21H,2-3,8-14H2,1H3,(H,22,24);1H. The maximum atomic E-state index is 12.7. The van der Waals surface area contributed by atoms with E-state index < -0.39 is 0 Å². The molecule has 1 aromatic carbocycles. The minimum atomic E-state index is -0.0788. The van der Waals surface area contributed by atoms with Crippen LogP contribution in [0.4, 0.5) is 0 Å². The van der Waals surface area contributed by atoms with Crippen molar-refractivity contribution in [2.45, 2.75) is 32.6 Å². The van der Waals surface area contributed by atoms with Gasteiger partial charge >= 0.3 is 0 Å². The monoisotopic (exact) mass is 379 g/mol. The molecular formula is C20H30ClN3O2. The molecule has 0 radical (unpaired) electrons. The number of carbonyl (C=O) groups is 2. The highest BCUT2D eigenvalue weighted by molar-refractivity contribution is 5.94. The Hall–Kier alpha value is -1.59. The van der Waals surface area contributed by atoms with Gasteiger partial charge in [0, 0.05) is 25.2 Å².